The van der Waals surface area contributed by atoms with Gasteiger partial charge in [0.05, 0.1) is 11.0 Å². The van der Waals surface area contributed by atoms with Gasteiger partial charge in [-0.3, -0.25) is 4.79 Å². The average Bonchev–Trinajstić information content (AvgIpc) is 2.47. The quantitative estimate of drug-likeness (QED) is 0.840. The smallest absolute Gasteiger partial charge is 0.261 e. The first-order valence-electron chi connectivity index (χ1n) is 6.91. The maximum atomic E-state index is 11.9. The number of ether oxygens (including phenoxy) is 1. The van der Waals surface area contributed by atoms with Gasteiger partial charge < -0.3 is 10.1 Å². The predicted molar refractivity (Wildman–Crippen MR) is 80.0 cm³/mol. The van der Waals surface area contributed by atoms with Crippen molar-refractivity contribution in [3.05, 3.63) is 29.8 Å². The third-order valence-corrected chi connectivity index (χ3v) is 4.79. The molecule has 0 saturated carbocycles. The molecule has 1 unspecified atom stereocenters. The van der Waals surface area contributed by atoms with Gasteiger partial charge in [-0.1, -0.05) is 0 Å². The highest BCUT2D eigenvalue weighted by atomic mass is 35.7. The van der Waals surface area contributed by atoms with Gasteiger partial charge in [0.2, 0.25) is 0 Å². The molecular formula is C14H18ClNO4S. The fourth-order valence-corrected chi connectivity index (χ4v) is 3.02. The van der Waals surface area contributed by atoms with Crippen LogP contribution in [0, 0.1) is 0 Å². The summed E-state index contributed by atoms with van der Waals surface area (Å²) < 4.78 is 27.8. The molecule has 1 atom stereocenters. The SMILES string of the molecule is O=C(NCCC1CCCCO1)c1ccc(S(=O)(=O)Cl)cc1. The van der Waals surface area contributed by atoms with Crippen LogP contribution in [0.25, 0.3) is 0 Å². The molecule has 0 aliphatic carbocycles. The molecule has 1 aliphatic heterocycles. The van der Waals surface area contributed by atoms with E-state index >= 15 is 0 Å². The number of hydrogen-bond donors (Lipinski definition) is 1. The lowest BCUT2D eigenvalue weighted by molar-refractivity contribution is 0.0117. The lowest BCUT2D eigenvalue weighted by Gasteiger charge is -2.22. The molecule has 21 heavy (non-hydrogen) atoms. The summed E-state index contributed by atoms with van der Waals surface area (Å²) in [4.78, 5) is 11.9. The van der Waals surface area contributed by atoms with Gasteiger partial charge in [0.25, 0.3) is 15.0 Å². The molecule has 1 heterocycles. The summed E-state index contributed by atoms with van der Waals surface area (Å²) >= 11 is 0. The van der Waals surface area contributed by atoms with E-state index in [0.29, 0.717) is 12.1 Å². The highest BCUT2D eigenvalue weighted by Crippen LogP contribution is 2.16. The van der Waals surface area contributed by atoms with E-state index in [4.69, 9.17) is 15.4 Å². The molecule has 1 aromatic rings. The van der Waals surface area contributed by atoms with Crippen LogP contribution in [-0.4, -0.2) is 33.6 Å². The zero-order chi connectivity index (χ0) is 15.3. The van der Waals surface area contributed by atoms with Crippen molar-refractivity contribution >= 4 is 25.6 Å². The van der Waals surface area contributed by atoms with E-state index in [1.54, 1.807) is 0 Å². The first-order valence-corrected chi connectivity index (χ1v) is 9.22. The molecule has 0 radical (unpaired) electrons. The molecule has 0 spiro atoms. The van der Waals surface area contributed by atoms with Crippen molar-refractivity contribution in [2.75, 3.05) is 13.2 Å². The molecule has 1 amide bonds. The van der Waals surface area contributed by atoms with Crippen molar-refractivity contribution in [1.82, 2.24) is 5.32 Å². The minimum atomic E-state index is -3.75. The van der Waals surface area contributed by atoms with Crippen molar-refractivity contribution in [2.24, 2.45) is 0 Å². The number of carbonyl (C=O) groups is 1. The Bertz CT molecular complexity index is 579. The Morgan fingerprint density at radius 1 is 1.29 bits per heavy atom. The van der Waals surface area contributed by atoms with Crippen LogP contribution in [0.2, 0.25) is 0 Å². The molecule has 1 fully saturated rings. The minimum Gasteiger partial charge on any atom is -0.378 e. The zero-order valence-electron chi connectivity index (χ0n) is 11.5. The molecule has 1 aliphatic rings. The van der Waals surface area contributed by atoms with Crippen LogP contribution < -0.4 is 5.32 Å². The van der Waals surface area contributed by atoms with Crippen molar-refractivity contribution in [1.29, 1.82) is 0 Å². The van der Waals surface area contributed by atoms with Gasteiger partial charge in [-0.05, 0) is 49.9 Å². The Balaban J connectivity index is 1.83. The summed E-state index contributed by atoms with van der Waals surface area (Å²) in [5.74, 6) is -0.232. The Kier molecular flexibility index (Phi) is 5.61. The topological polar surface area (TPSA) is 72.5 Å². The van der Waals surface area contributed by atoms with Crippen molar-refractivity contribution in [3.63, 3.8) is 0 Å². The van der Waals surface area contributed by atoms with E-state index in [2.05, 4.69) is 5.32 Å². The Morgan fingerprint density at radius 2 is 2.00 bits per heavy atom. The van der Waals surface area contributed by atoms with E-state index < -0.39 is 9.05 Å². The highest BCUT2D eigenvalue weighted by Gasteiger charge is 2.15. The van der Waals surface area contributed by atoms with E-state index in [1.165, 1.54) is 30.7 Å². The molecule has 2 rings (SSSR count). The Hall–Kier alpha value is -1.11. The monoisotopic (exact) mass is 331 g/mol. The third-order valence-electron chi connectivity index (χ3n) is 3.42. The summed E-state index contributed by atoms with van der Waals surface area (Å²) in [5.41, 5.74) is 0.406. The summed E-state index contributed by atoms with van der Waals surface area (Å²) in [6.45, 7) is 1.34. The maximum absolute atomic E-state index is 11.9. The lowest BCUT2D eigenvalue weighted by Crippen LogP contribution is -2.29. The molecule has 1 saturated heterocycles. The van der Waals surface area contributed by atoms with Gasteiger partial charge in [0.15, 0.2) is 0 Å². The first kappa shape index (κ1) is 16.3. The fraction of sp³-hybridized carbons (Fsp3) is 0.500. The second-order valence-corrected chi connectivity index (χ2v) is 7.56. The standard InChI is InChI=1S/C14H18ClNO4S/c15-21(18,19)13-6-4-11(5-7-13)14(17)16-9-8-12-3-1-2-10-20-12/h4-7,12H,1-3,8-10H2,(H,16,17). The molecular weight excluding hydrogens is 314 g/mol. The molecule has 0 bridgehead atoms. The second kappa shape index (κ2) is 7.24. The van der Waals surface area contributed by atoms with Crippen LogP contribution in [0.3, 0.4) is 0 Å². The van der Waals surface area contributed by atoms with Crippen molar-refractivity contribution < 1.29 is 17.9 Å². The first-order chi connectivity index (χ1) is 9.97. The number of amides is 1. The van der Waals surface area contributed by atoms with Gasteiger partial charge >= 0.3 is 0 Å². The van der Waals surface area contributed by atoms with Gasteiger partial charge in [0, 0.05) is 29.4 Å². The van der Waals surface area contributed by atoms with E-state index in [-0.39, 0.29) is 16.9 Å². The van der Waals surface area contributed by atoms with Crippen LogP contribution >= 0.6 is 10.7 Å². The van der Waals surface area contributed by atoms with Gasteiger partial charge in [-0.25, -0.2) is 8.42 Å². The predicted octanol–water partition coefficient (Wildman–Crippen LogP) is 2.30. The Morgan fingerprint density at radius 3 is 2.57 bits per heavy atom. The third kappa shape index (κ3) is 4.98. The second-order valence-electron chi connectivity index (χ2n) is 5.00. The number of halogens is 1. The number of carbonyl (C=O) groups excluding carboxylic acids is 1. The summed E-state index contributed by atoms with van der Waals surface area (Å²) in [6.07, 6.45) is 4.34. The van der Waals surface area contributed by atoms with Crippen molar-refractivity contribution in [2.45, 2.75) is 36.7 Å². The molecule has 1 N–H and O–H groups in total. The normalized spacial score (nSPS) is 19.2. The van der Waals surface area contributed by atoms with Crippen molar-refractivity contribution in [3.8, 4) is 0 Å². The van der Waals surface area contributed by atoms with Crippen LogP contribution in [0.5, 0.6) is 0 Å². The van der Waals surface area contributed by atoms with E-state index in [0.717, 1.165) is 25.9 Å². The Labute approximate surface area is 129 Å². The van der Waals surface area contributed by atoms with Crippen LogP contribution in [-0.2, 0) is 13.8 Å². The summed E-state index contributed by atoms with van der Waals surface area (Å²) in [6, 6.07) is 5.53. The number of rotatable bonds is 5. The largest absolute Gasteiger partial charge is 0.378 e. The summed E-state index contributed by atoms with van der Waals surface area (Å²) in [7, 11) is 1.47. The van der Waals surface area contributed by atoms with Crippen LogP contribution in [0.15, 0.2) is 29.2 Å². The number of benzene rings is 1. The summed E-state index contributed by atoms with van der Waals surface area (Å²) in [5, 5.41) is 2.80. The van der Waals surface area contributed by atoms with Gasteiger partial charge in [-0.15, -0.1) is 0 Å². The molecule has 0 aromatic heterocycles. The van der Waals surface area contributed by atoms with E-state index in [1.807, 2.05) is 0 Å². The molecule has 7 heteroatoms. The zero-order valence-corrected chi connectivity index (χ0v) is 13.1. The van der Waals surface area contributed by atoms with E-state index in [9.17, 15) is 13.2 Å². The number of hydrogen-bond acceptors (Lipinski definition) is 4. The highest BCUT2D eigenvalue weighted by molar-refractivity contribution is 8.13. The molecule has 5 nitrogen and oxygen atoms in total. The lowest BCUT2D eigenvalue weighted by atomic mass is 10.1. The van der Waals surface area contributed by atoms with Crippen LogP contribution in [0.4, 0.5) is 0 Å². The number of nitrogens with one attached hydrogen (secondary N) is 1. The minimum absolute atomic E-state index is 0.0173. The van der Waals surface area contributed by atoms with Gasteiger partial charge in [0.1, 0.15) is 0 Å². The average molecular weight is 332 g/mol. The van der Waals surface area contributed by atoms with Gasteiger partial charge in [-0.2, -0.15) is 0 Å². The van der Waals surface area contributed by atoms with Crippen LogP contribution in [0.1, 0.15) is 36.0 Å². The molecule has 116 valence electrons. The maximum Gasteiger partial charge on any atom is 0.261 e. The fourth-order valence-electron chi connectivity index (χ4n) is 2.25. The molecule has 1 aromatic carbocycles.